The van der Waals surface area contributed by atoms with Gasteiger partial charge in [-0.2, -0.15) is 0 Å². The molecule has 168 valence electrons. The van der Waals surface area contributed by atoms with Gasteiger partial charge in [0.05, 0.1) is 4.92 Å². The molecule has 0 saturated carbocycles. The van der Waals surface area contributed by atoms with Crippen molar-refractivity contribution in [3.8, 4) is 0 Å². The fourth-order valence-electron chi connectivity index (χ4n) is 4.93. The first-order chi connectivity index (χ1) is 15.6. The van der Waals surface area contributed by atoms with Crippen LogP contribution in [0, 0.1) is 10.1 Å². The van der Waals surface area contributed by atoms with Crippen molar-refractivity contribution in [2.75, 3.05) is 4.90 Å². The topological polar surface area (TPSA) is 75.5 Å². The van der Waals surface area contributed by atoms with E-state index in [1.165, 1.54) is 29.8 Å². The summed E-state index contributed by atoms with van der Waals surface area (Å²) in [6, 6.07) is 24.1. The van der Waals surface area contributed by atoms with Gasteiger partial charge in [-0.3, -0.25) is 20.2 Å². The Kier molecular flexibility index (Phi) is 5.76. The lowest BCUT2D eigenvalue weighted by Gasteiger charge is -2.52. The Bertz CT molecular complexity index is 1240. The van der Waals surface area contributed by atoms with Crippen LogP contribution in [0.1, 0.15) is 48.7 Å². The van der Waals surface area contributed by atoms with Crippen molar-refractivity contribution in [3.63, 3.8) is 0 Å². The minimum atomic E-state index is -0.524. The highest BCUT2D eigenvalue weighted by Crippen LogP contribution is 2.50. The summed E-state index contributed by atoms with van der Waals surface area (Å²) in [5.74, 6) is -0.478. The molecule has 1 heterocycles. The second kappa shape index (κ2) is 8.41. The number of hydrogen-bond acceptors (Lipinski definition) is 4. The number of carbonyl (C=O) groups is 1. The van der Waals surface area contributed by atoms with E-state index in [9.17, 15) is 14.9 Å². The van der Waals surface area contributed by atoms with Gasteiger partial charge in [0.1, 0.15) is 0 Å². The Morgan fingerprint density at radius 1 is 1.00 bits per heavy atom. The summed E-state index contributed by atoms with van der Waals surface area (Å²) in [5, 5.41) is 14.1. The van der Waals surface area contributed by atoms with Crippen LogP contribution in [0.15, 0.2) is 78.9 Å². The van der Waals surface area contributed by atoms with Crippen LogP contribution in [0.4, 0.5) is 11.4 Å². The van der Waals surface area contributed by atoms with Crippen molar-refractivity contribution < 1.29 is 9.72 Å². The number of nitrogens with one attached hydrogen (secondary N) is 1. The van der Waals surface area contributed by atoms with Gasteiger partial charge in [0.2, 0.25) is 0 Å². The highest BCUT2D eigenvalue weighted by Gasteiger charge is 2.46. The molecule has 6 nitrogen and oxygen atoms in total. The molecule has 3 aromatic rings. The quantitative estimate of drug-likeness (QED) is 0.313. The SMILES string of the molecule is CC1(C)C[C@](C)(c2ccccc2)c2ccccc2N1C(=S)NC(=O)c1cccc([N+](=O)[O-])c1. The number of nitro benzene ring substituents is 1. The van der Waals surface area contributed by atoms with Crippen molar-refractivity contribution in [2.45, 2.75) is 38.1 Å². The largest absolute Gasteiger partial charge is 0.313 e. The number of hydrogen-bond donors (Lipinski definition) is 1. The van der Waals surface area contributed by atoms with Crippen LogP contribution in [0.5, 0.6) is 0 Å². The van der Waals surface area contributed by atoms with E-state index < -0.39 is 16.4 Å². The Labute approximate surface area is 198 Å². The molecular weight excluding hydrogens is 434 g/mol. The first-order valence-corrected chi connectivity index (χ1v) is 11.1. The lowest BCUT2D eigenvalue weighted by molar-refractivity contribution is -0.384. The van der Waals surface area contributed by atoms with Crippen LogP contribution >= 0.6 is 12.2 Å². The van der Waals surface area contributed by atoms with Gasteiger partial charge in [0.25, 0.3) is 11.6 Å². The number of rotatable bonds is 3. The second-order valence-corrected chi connectivity index (χ2v) is 9.49. The molecule has 0 radical (unpaired) electrons. The van der Waals surface area contributed by atoms with E-state index in [4.69, 9.17) is 12.2 Å². The summed E-state index contributed by atoms with van der Waals surface area (Å²) in [6.45, 7) is 6.46. The highest BCUT2D eigenvalue weighted by atomic mass is 32.1. The Hall–Kier alpha value is -3.58. The van der Waals surface area contributed by atoms with Crippen molar-refractivity contribution in [1.82, 2.24) is 5.32 Å². The molecule has 0 saturated heterocycles. The number of nitrogens with zero attached hydrogens (tertiary/aromatic N) is 2. The third-order valence-electron chi connectivity index (χ3n) is 6.28. The molecule has 33 heavy (non-hydrogen) atoms. The summed E-state index contributed by atoms with van der Waals surface area (Å²) in [6.07, 6.45) is 0.772. The standard InChI is InChI=1S/C26H25N3O3S/c1-25(2)17-26(3,19-11-5-4-6-12-19)21-14-7-8-15-22(21)28(25)24(33)27-23(30)18-10-9-13-20(16-18)29(31)32/h4-16H,17H2,1-3H3,(H,27,30,33)/t26-/m1/s1. The molecule has 0 fully saturated rings. The third-order valence-corrected chi connectivity index (χ3v) is 6.57. The number of non-ortho nitro benzene ring substituents is 1. The maximum absolute atomic E-state index is 12.9. The number of anilines is 1. The number of para-hydroxylation sites is 1. The maximum atomic E-state index is 12.9. The van der Waals surface area contributed by atoms with Crippen molar-refractivity contribution >= 4 is 34.6 Å². The zero-order chi connectivity index (χ0) is 23.8. The zero-order valence-electron chi connectivity index (χ0n) is 18.7. The van der Waals surface area contributed by atoms with Gasteiger partial charge in [-0.1, -0.05) is 61.5 Å². The predicted octanol–water partition coefficient (Wildman–Crippen LogP) is 5.60. The van der Waals surface area contributed by atoms with Crippen molar-refractivity contribution in [3.05, 3.63) is 106 Å². The van der Waals surface area contributed by atoms with E-state index in [-0.39, 0.29) is 21.8 Å². The Balaban J connectivity index is 1.71. The molecule has 7 heteroatoms. The van der Waals surface area contributed by atoms with Gasteiger partial charge in [-0.25, -0.2) is 0 Å². The number of benzene rings is 3. The molecule has 0 unspecified atom stereocenters. The lowest BCUT2D eigenvalue weighted by atomic mass is 9.65. The number of amides is 1. The molecule has 1 N–H and O–H groups in total. The van der Waals surface area contributed by atoms with E-state index in [0.29, 0.717) is 0 Å². The van der Waals surface area contributed by atoms with E-state index >= 15 is 0 Å². The van der Waals surface area contributed by atoms with Crippen molar-refractivity contribution in [2.24, 2.45) is 0 Å². The molecule has 0 bridgehead atoms. The van der Waals surface area contributed by atoms with Crippen LogP contribution in [-0.2, 0) is 5.41 Å². The Morgan fingerprint density at radius 2 is 1.67 bits per heavy atom. The lowest BCUT2D eigenvalue weighted by Crippen LogP contribution is -2.59. The van der Waals surface area contributed by atoms with Gasteiger partial charge >= 0.3 is 0 Å². The second-order valence-electron chi connectivity index (χ2n) is 9.11. The molecule has 1 aliphatic heterocycles. The fourth-order valence-corrected chi connectivity index (χ4v) is 5.37. The van der Waals surface area contributed by atoms with Gasteiger partial charge < -0.3 is 4.90 Å². The van der Waals surface area contributed by atoms with Gasteiger partial charge in [0.15, 0.2) is 5.11 Å². The number of thiocarbonyl (C=S) groups is 1. The highest BCUT2D eigenvalue weighted by molar-refractivity contribution is 7.80. The summed E-state index contributed by atoms with van der Waals surface area (Å²) in [7, 11) is 0. The van der Waals surface area contributed by atoms with Gasteiger partial charge in [-0.15, -0.1) is 0 Å². The molecule has 1 amide bonds. The molecule has 1 atom stereocenters. The first kappa shape index (κ1) is 22.6. The minimum absolute atomic E-state index is 0.143. The third kappa shape index (κ3) is 4.12. The monoisotopic (exact) mass is 459 g/mol. The number of carbonyl (C=O) groups excluding carboxylic acids is 1. The summed E-state index contributed by atoms with van der Waals surface area (Å²) in [5.41, 5.74) is 2.67. The summed E-state index contributed by atoms with van der Waals surface area (Å²) in [4.78, 5) is 25.4. The van der Waals surface area contributed by atoms with Crippen LogP contribution in [0.2, 0.25) is 0 Å². The number of fused-ring (bicyclic) bond motifs is 1. The van der Waals surface area contributed by atoms with E-state index in [1.54, 1.807) is 0 Å². The molecule has 0 spiro atoms. The molecule has 0 aromatic heterocycles. The summed E-state index contributed by atoms with van der Waals surface area (Å²) < 4.78 is 0. The van der Waals surface area contributed by atoms with Gasteiger partial charge in [0, 0.05) is 34.3 Å². The minimum Gasteiger partial charge on any atom is -0.313 e. The Morgan fingerprint density at radius 3 is 2.36 bits per heavy atom. The first-order valence-electron chi connectivity index (χ1n) is 10.7. The van der Waals surface area contributed by atoms with Gasteiger partial charge in [-0.05, 0) is 55.7 Å². The average Bonchev–Trinajstić information content (AvgIpc) is 2.79. The summed E-state index contributed by atoms with van der Waals surface area (Å²) >= 11 is 5.71. The van der Waals surface area contributed by atoms with E-state index in [1.807, 2.05) is 41.3 Å². The van der Waals surface area contributed by atoms with Crippen molar-refractivity contribution in [1.29, 1.82) is 0 Å². The van der Waals surface area contributed by atoms with Crippen LogP contribution in [-0.4, -0.2) is 21.5 Å². The average molecular weight is 460 g/mol. The predicted molar refractivity (Wildman–Crippen MR) is 134 cm³/mol. The smallest absolute Gasteiger partial charge is 0.270 e. The normalized spacial score (nSPS) is 18.8. The maximum Gasteiger partial charge on any atom is 0.270 e. The van der Waals surface area contributed by atoms with Crippen LogP contribution in [0.3, 0.4) is 0 Å². The molecule has 1 aliphatic rings. The molecule has 4 rings (SSSR count). The van der Waals surface area contributed by atoms with Crippen LogP contribution < -0.4 is 10.2 Å². The fraction of sp³-hybridized carbons (Fsp3) is 0.231. The zero-order valence-corrected chi connectivity index (χ0v) is 19.6. The van der Waals surface area contributed by atoms with E-state index in [0.717, 1.165) is 17.7 Å². The molecule has 0 aliphatic carbocycles. The molecule has 3 aromatic carbocycles. The van der Waals surface area contributed by atoms with Crippen LogP contribution in [0.25, 0.3) is 0 Å². The molecular formula is C26H25N3O3S. The number of nitro groups is 1. The van der Waals surface area contributed by atoms with E-state index in [2.05, 4.69) is 44.3 Å².